The molecule has 1 unspecified atom stereocenters. The monoisotopic (exact) mass is 363 g/mol. The quantitative estimate of drug-likeness (QED) is 0.338. The molecular formula is C13H9ClF3N3O2S. The number of hydroxylamine groups is 1. The molecule has 10 heteroatoms. The molecule has 3 N–H and O–H groups in total. The van der Waals surface area contributed by atoms with Crippen molar-refractivity contribution in [2.75, 3.05) is 0 Å². The topological polar surface area (TPSA) is 92.1 Å². The van der Waals surface area contributed by atoms with Crippen LogP contribution in [0.5, 0.6) is 0 Å². The lowest BCUT2D eigenvalue weighted by Gasteiger charge is -2.14. The second kappa shape index (κ2) is 6.75. The molecule has 5 nitrogen and oxygen atoms in total. The van der Waals surface area contributed by atoms with E-state index in [0.29, 0.717) is 0 Å². The second-order valence-corrected chi connectivity index (χ2v) is 6.16. The van der Waals surface area contributed by atoms with Gasteiger partial charge in [-0.15, -0.1) is 0 Å². The van der Waals surface area contributed by atoms with Crippen molar-refractivity contribution < 1.29 is 22.9 Å². The van der Waals surface area contributed by atoms with Crippen LogP contribution < -0.4 is 5.48 Å². The Morgan fingerprint density at radius 3 is 2.43 bits per heavy atom. The molecule has 0 fully saturated rings. The number of alkyl halides is 3. The number of benzene rings is 1. The first-order valence-corrected chi connectivity index (χ1v) is 7.50. The fourth-order valence-corrected chi connectivity index (χ4v) is 3.12. The predicted molar refractivity (Wildman–Crippen MR) is 77.1 cm³/mol. The van der Waals surface area contributed by atoms with Crippen molar-refractivity contribution >= 4 is 28.6 Å². The van der Waals surface area contributed by atoms with Gasteiger partial charge in [-0.2, -0.15) is 13.2 Å². The Morgan fingerprint density at radius 2 is 1.91 bits per heavy atom. The molecule has 2 aromatic rings. The summed E-state index contributed by atoms with van der Waals surface area (Å²) in [5.41, 5.74) is 0.573. The third-order valence-electron chi connectivity index (χ3n) is 2.76. The second-order valence-electron chi connectivity index (χ2n) is 4.28. The van der Waals surface area contributed by atoms with Crippen LogP contribution in [0.15, 0.2) is 46.3 Å². The van der Waals surface area contributed by atoms with Crippen molar-refractivity contribution in [1.29, 1.82) is 5.41 Å². The Balaban J connectivity index is 2.42. The van der Waals surface area contributed by atoms with Crippen LogP contribution in [0.1, 0.15) is 11.3 Å². The molecule has 0 bridgehead atoms. The van der Waals surface area contributed by atoms with Crippen molar-refractivity contribution in [1.82, 2.24) is 10.5 Å². The Kier molecular flexibility index (Phi) is 5.15. The van der Waals surface area contributed by atoms with Gasteiger partial charge in [0.2, 0.25) is 0 Å². The van der Waals surface area contributed by atoms with Crippen molar-refractivity contribution in [3.63, 3.8) is 0 Å². The maximum absolute atomic E-state index is 12.5. The number of amidine groups is 1. The van der Waals surface area contributed by atoms with E-state index in [1.54, 1.807) is 5.48 Å². The van der Waals surface area contributed by atoms with Gasteiger partial charge < -0.3 is 4.55 Å². The van der Waals surface area contributed by atoms with Crippen LogP contribution in [0, 0.1) is 5.41 Å². The highest BCUT2D eigenvalue weighted by Gasteiger charge is 2.31. The normalized spacial score (nSPS) is 12.8. The fraction of sp³-hybridized carbons (Fsp3) is 0.0769. The van der Waals surface area contributed by atoms with Crippen molar-refractivity contribution in [3.05, 3.63) is 52.8 Å². The van der Waals surface area contributed by atoms with Crippen LogP contribution in [0.3, 0.4) is 0 Å². The summed E-state index contributed by atoms with van der Waals surface area (Å²) >= 11 is 3.85. The van der Waals surface area contributed by atoms with Gasteiger partial charge in [0, 0.05) is 23.4 Å². The molecule has 23 heavy (non-hydrogen) atoms. The number of rotatable bonds is 3. The first-order valence-electron chi connectivity index (χ1n) is 5.97. The molecule has 1 heterocycles. The molecule has 0 spiro atoms. The summed E-state index contributed by atoms with van der Waals surface area (Å²) in [5.74, 6) is -0.517. The lowest BCUT2D eigenvalue weighted by molar-refractivity contribution is -0.137. The maximum Gasteiger partial charge on any atom is 0.416 e. The maximum atomic E-state index is 12.5. The molecule has 0 saturated heterocycles. The van der Waals surface area contributed by atoms with Crippen molar-refractivity contribution in [2.45, 2.75) is 16.0 Å². The molecule has 2 rings (SSSR count). The zero-order chi connectivity index (χ0) is 17.2. The third-order valence-corrected chi connectivity index (χ3v) is 4.38. The van der Waals surface area contributed by atoms with Crippen LogP contribution in [0.2, 0.25) is 5.02 Å². The van der Waals surface area contributed by atoms with Gasteiger partial charge in [0.25, 0.3) is 0 Å². The number of hydrogen-bond acceptors (Lipinski definition) is 4. The smallest absolute Gasteiger partial charge is 0.416 e. The predicted octanol–water partition coefficient (Wildman–Crippen LogP) is 3.22. The van der Waals surface area contributed by atoms with Gasteiger partial charge in [-0.1, -0.05) is 11.6 Å². The molecule has 0 aliphatic carbocycles. The van der Waals surface area contributed by atoms with E-state index in [2.05, 4.69) is 4.98 Å². The largest absolute Gasteiger partial charge is 0.606 e. The number of halogens is 4. The highest BCUT2D eigenvalue weighted by atomic mass is 35.5. The summed E-state index contributed by atoms with van der Waals surface area (Å²) in [5, 5.41) is 16.4. The van der Waals surface area contributed by atoms with Gasteiger partial charge >= 0.3 is 6.18 Å². The number of nitrogens with zero attached hydrogens (tertiary/aromatic N) is 1. The molecule has 0 saturated carbocycles. The van der Waals surface area contributed by atoms with Crippen LogP contribution >= 0.6 is 11.6 Å². The van der Waals surface area contributed by atoms with E-state index < -0.39 is 28.8 Å². The van der Waals surface area contributed by atoms with E-state index in [9.17, 15) is 17.7 Å². The summed E-state index contributed by atoms with van der Waals surface area (Å²) in [7, 11) is 0. The van der Waals surface area contributed by atoms with E-state index in [4.69, 9.17) is 22.2 Å². The van der Waals surface area contributed by atoms with Crippen LogP contribution in [0.4, 0.5) is 13.2 Å². The molecule has 1 atom stereocenters. The number of aromatic nitrogens is 1. The Hall–Kier alpha value is -1.81. The van der Waals surface area contributed by atoms with Crippen LogP contribution in [0.25, 0.3) is 0 Å². The summed E-state index contributed by atoms with van der Waals surface area (Å²) in [6.07, 6.45) is -3.30. The van der Waals surface area contributed by atoms with E-state index in [0.717, 1.165) is 24.3 Å². The average Bonchev–Trinajstić information content (AvgIpc) is 2.52. The number of pyridine rings is 1. The molecule has 0 radical (unpaired) electrons. The molecule has 1 aromatic heterocycles. The molecule has 122 valence electrons. The van der Waals surface area contributed by atoms with Gasteiger partial charge in [0.05, 0.1) is 10.6 Å². The number of hydrogen-bond donors (Lipinski definition) is 3. The summed E-state index contributed by atoms with van der Waals surface area (Å²) < 4.78 is 50.2. The van der Waals surface area contributed by atoms with Gasteiger partial charge in [0.15, 0.2) is 21.3 Å². The summed E-state index contributed by atoms with van der Waals surface area (Å²) in [4.78, 5) is 3.87. The first kappa shape index (κ1) is 17.5. The third kappa shape index (κ3) is 3.94. The van der Waals surface area contributed by atoms with E-state index in [1.807, 2.05) is 0 Å². The molecule has 0 aliphatic heterocycles. The lowest BCUT2D eigenvalue weighted by atomic mass is 10.2. The average molecular weight is 364 g/mol. The van der Waals surface area contributed by atoms with Crippen LogP contribution in [-0.4, -0.2) is 20.6 Å². The minimum Gasteiger partial charge on any atom is -0.606 e. The van der Waals surface area contributed by atoms with Crippen molar-refractivity contribution in [2.24, 2.45) is 0 Å². The first-order chi connectivity index (χ1) is 10.7. The Labute approximate surface area is 136 Å². The molecular weight excluding hydrogens is 355 g/mol. The summed E-state index contributed by atoms with van der Waals surface area (Å²) in [6.45, 7) is 0. The van der Waals surface area contributed by atoms with Gasteiger partial charge in [-0.05, 0) is 24.3 Å². The fourth-order valence-electron chi connectivity index (χ4n) is 1.70. The summed E-state index contributed by atoms with van der Waals surface area (Å²) in [6, 6.07) is 5.02. The highest BCUT2D eigenvalue weighted by molar-refractivity contribution is 7.91. The van der Waals surface area contributed by atoms with E-state index in [-0.39, 0.29) is 20.5 Å². The minimum atomic E-state index is -4.49. The van der Waals surface area contributed by atoms with Gasteiger partial charge in [-0.3, -0.25) is 16.1 Å². The number of nitrogens with one attached hydrogen (secondary N) is 2. The molecule has 0 amide bonds. The SMILES string of the molecule is N=C(NO)c1ncc(Cl)cc1[S+]([O-])c1ccc(C(F)(F)F)cc1. The Bertz CT molecular complexity index is 725. The minimum absolute atomic E-state index is 0.0104. The lowest BCUT2D eigenvalue weighted by Crippen LogP contribution is -2.23. The highest BCUT2D eigenvalue weighted by Crippen LogP contribution is 2.31. The standard InChI is InChI=1S/C13H9ClF3N3O2S/c14-8-5-10(11(19-6-8)12(18)20-21)23(22)9-3-1-7(2-4-9)13(15,16)17/h1-6,21H,(H2,18,20). The van der Waals surface area contributed by atoms with Crippen LogP contribution in [-0.2, 0) is 17.4 Å². The van der Waals surface area contributed by atoms with Gasteiger partial charge in [-0.25, -0.2) is 4.98 Å². The Morgan fingerprint density at radius 1 is 1.30 bits per heavy atom. The van der Waals surface area contributed by atoms with E-state index in [1.165, 1.54) is 12.3 Å². The zero-order valence-electron chi connectivity index (χ0n) is 11.2. The molecule has 1 aromatic carbocycles. The van der Waals surface area contributed by atoms with Gasteiger partial charge in [0.1, 0.15) is 0 Å². The van der Waals surface area contributed by atoms with Crippen molar-refractivity contribution in [3.8, 4) is 0 Å². The molecule has 0 aliphatic rings. The zero-order valence-corrected chi connectivity index (χ0v) is 12.8. The van der Waals surface area contributed by atoms with E-state index >= 15 is 0 Å².